The Kier molecular flexibility index (Phi) is 3.76. The van der Waals surface area contributed by atoms with Crippen molar-refractivity contribution in [3.8, 4) is 0 Å². The van der Waals surface area contributed by atoms with E-state index in [0.717, 1.165) is 11.8 Å². The number of hydrogen-bond acceptors (Lipinski definition) is 0. The summed E-state index contributed by atoms with van der Waals surface area (Å²) in [6.07, 6.45) is 12.6. The summed E-state index contributed by atoms with van der Waals surface area (Å²) in [5.41, 5.74) is 2.70. The van der Waals surface area contributed by atoms with Crippen molar-refractivity contribution < 1.29 is 0 Å². The molecule has 1 saturated carbocycles. The van der Waals surface area contributed by atoms with Crippen molar-refractivity contribution in [2.75, 3.05) is 0 Å². The molecule has 0 unspecified atom stereocenters. The molecule has 102 valence electrons. The standard InChI is InChI=1S/C18H30/c1-6-7-9-15-14(2)10-11-16-17(3,4)12-8-13-18(15,16)5/h6,10,15-16H,1,7-9,11-13H2,2-5H3/t15-,16+,18-/m1/s1. The third kappa shape index (κ3) is 2.19. The molecule has 0 aromatic rings. The zero-order valence-electron chi connectivity index (χ0n) is 12.8. The minimum absolute atomic E-state index is 0.524. The van der Waals surface area contributed by atoms with Gasteiger partial charge in [0.25, 0.3) is 0 Å². The predicted octanol–water partition coefficient (Wildman–Crippen LogP) is 5.75. The average Bonchev–Trinajstić information content (AvgIpc) is 2.27. The van der Waals surface area contributed by atoms with E-state index in [1.165, 1.54) is 38.5 Å². The lowest BCUT2D eigenvalue weighted by Gasteiger charge is -2.57. The van der Waals surface area contributed by atoms with Crippen LogP contribution in [-0.2, 0) is 0 Å². The first-order valence-electron chi connectivity index (χ1n) is 7.69. The Labute approximate surface area is 114 Å². The molecule has 18 heavy (non-hydrogen) atoms. The summed E-state index contributed by atoms with van der Waals surface area (Å²) in [5.74, 6) is 1.66. The summed E-state index contributed by atoms with van der Waals surface area (Å²) < 4.78 is 0. The molecule has 2 aliphatic rings. The molecule has 0 bridgehead atoms. The number of hydrogen-bond donors (Lipinski definition) is 0. The van der Waals surface area contributed by atoms with E-state index in [9.17, 15) is 0 Å². The Morgan fingerprint density at radius 1 is 1.33 bits per heavy atom. The highest BCUT2D eigenvalue weighted by atomic mass is 14.6. The van der Waals surface area contributed by atoms with E-state index in [2.05, 4.69) is 46.4 Å². The second-order valence-corrected chi connectivity index (χ2v) is 7.50. The summed E-state index contributed by atoms with van der Waals surface area (Å²) >= 11 is 0. The fraction of sp³-hybridized carbons (Fsp3) is 0.778. The Bertz CT molecular complexity index is 347. The van der Waals surface area contributed by atoms with Crippen molar-refractivity contribution in [1.29, 1.82) is 0 Å². The minimum Gasteiger partial charge on any atom is -0.103 e. The Hall–Kier alpha value is -0.520. The summed E-state index contributed by atoms with van der Waals surface area (Å²) in [6, 6.07) is 0. The molecule has 0 spiro atoms. The minimum atomic E-state index is 0.524. The second kappa shape index (κ2) is 4.87. The van der Waals surface area contributed by atoms with Crippen LogP contribution in [0.25, 0.3) is 0 Å². The van der Waals surface area contributed by atoms with E-state index < -0.39 is 0 Å². The molecule has 0 aromatic carbocycles. The summed E-state index contributed by atoms with van der Waals surface area (Å²) in [4.78, 5) is 0. The molecule has 0 heteroatoms. The lowest BCUT2D eigenvalue weighted by molar-refractivity contribution is -0.0388. The molecule has 0 radical (unpaired) electrons. The lowest BCUT2D eigenvalue weighted by atomic mass is 9.48. The second-order valence-electron chi connectivity index (χ2n) is 7.50. The molecule has 0 nitrogen and oxygen atoms in total. The van der Waals surface area contributed by atoms with Gasteiger partial charge in [-0.05, 0) is 61.7 Å². The first kappa shape index (κ1) is 13.9. The van der Waals surface area contributed by atoms with E-state index in [4.69, 9.17) is 0 Å². The smallest absolute Gasteiger partial charge is 0.0146 e. The first-order chi connectivity index (χ1) is 8.42. The Balaban J connectivity index is 2.31. The largest absolute Gasteiger partial charge is 0.103 e. The van der Waals surface area contributed by atoms with Crippen molar-refractivity contribution in [1.82, 2.24) is 0 Å². The predicted molar refractivity (Wildman–Crippen MR) is 80.5 cm³/mol. The van der Waals surface area contributed by atoms with Gasteiger partial charge in [0.15, 0.2) is 0 Å². The van der Waals surface area contributed by atoms with Gasteiger partial charge in [0.2, 0.25) is 0 Å². The van der Waals surface area contributed by atoms with Gasteiger partial charge in [0.05, 0.1) is 0 Å². The Morgan fingerprint density at radius 2 is 2.06 bits per heavy atom. The van der Waals surface area contributed by atoms with Crippen LogP contribution in [0.2, 0.25) is 0 Å². The molecular formula is C18H30. The maximum Gasteiger partial charge on any atom is -0.0146 e. The van der Waals surface area contributed by atoms with Crippen LogP contribution in [0.15, 0.2) is 24.3 Å². The van der Waals surface area contributed by atoms with Gasteiger partial charge >= 0.3 is 0 Å². The molecule has 0 aliphatic heterocycles. The topological polar surface area (TPSA) is 0 Å². The van der Waals surface area contributed by atoms with E-state index in [1.54, 1.807) is 5.57 Å². The zero-order chi connectivity index (χ0) is 13.4. The number of fused-ring (bicyclic) bond motifs is 1. The van der Waals surface area contributed by atoms with Crippen LogP contribution in [-0.4, -0.2) is 0 Å². The molecule has 3 atom stereocenters. The highest BCUT2D eigenvalue weighted by Crippen LogP contribution is 2.60. The van der Waals surface area contributed by atoms with Crippen molar-refractivity contribution in [2.45, 2.75) is 66.2 Å². The van der Waals surface area contributed by atoms with Gasteiger partial charge in [-0.1, -0.05) is 44.9 Å². The van der Waals surface area contributed by atoms with Gasteiger partial charge in [0, 0.05) is 0 Å². The summed E-state index contributed by atoms with van der Waals surface area (Å²) in [7, 11) is 0. The third-order valence-corrected chi connectivity index (χ3v) is 5.96. The fourth-order valence-electron chi connectivity index (χ4n) is 4.98. The highest BCUT2D eigenvalue weighted by Gasteiger charge is 2.51. The zero-order valence-corrected chi connectivity index (χ0v) is 12.8. The maximum absolute atomic E-state index is 3.91. The Morgan fingerprint density at radius 3 is 2.72 bits per heavy atom. The molecule has 0 saturated heterocycles. The lowest BCUT2D eigenvalue weighted by Crippen LogP contribution is -2.48. The van der Waals surface area contributed by atoms with E-state index in [1.807, 2.05) is 0 Å². The van der Waals surface area contributed by atoms with Crippen LogP contribution in [0.1, 0.15) is 66.2 Å². The van der Waals surface area contributed by atoms with E-state index in [0.29, 0.717) is 10.8 Å². The van der Waals surface area contributed by atoms with Crippen molar-refractivity contribution in [3.63, 3.8) is 0 Å². The van der Waals surface area contributed by atoms with Gasteiger partial charge in [-0.3, -0.25) is 0 Å². The van der Waals surface area contributed by atoms with Crippen LogP contribution >= 0.6 is 0 Å². The van der Waals surface area contributed by atoms with Gasteiger partial charge in [-0.2, -0.15) is 0 Å². The van der Waals surface area contributed by atoms with Crippen LogP contribution < -0.4 is 0 Å². The number of rotatable bonds is 3. The van der Waals surface area contributed by atoms with Crippen molar-refractivity contribution in [2.24, 2.45) is 22.7 Å². The molecule has 1 fully saturated rings. The van der Waals surface area contributed by atoms with Gasteiger partial charge < -0.3 is 0 Å². The maximum atomic E-state index is 3.91. The van der Waals surface area contributed by atoms with Gasteiger partial charge in [0.1, 0.15) is 0 Å². The normalized spacial score (nSPS) is 38.8. The quantitative estimate of drug-likeness (QED) is 0.556. The molecule has 0 N–H and O–H groups in total. The third-order valence-electron chi connectivity index (χ3n) is 5.96. The van der Waals surface area contributed by atoms with Gasteiger partial charge in [-0.15, -0.1) is 6.58 Å². The molecule has 0 amide bonds. The first-order valence-corrected chi connectivity index (χ1v) is 7.69. The molecule has 2 aliphatic carbocycles. The molecule has 0 heterocycles. The van der Waals surface area contributed by atoms with Crippen LogP contribution in [0.4, 0.5) is 0 Å². The molecule has 2 rings (SSSR count). The molecular weight excluding hydrogens is 216 g/mol. The van der Waals surface area contributed by atoms with Crippen LogP contribution in [0.3, 0.4) is 0 Å². The average molecular weight is 246 g/mol. The van der Waals surface area contributed by atoms with Gasteiger partial charge in [-0.25, -0.2) is 0 Å². The molecule has 0 aromatic heterocycles. The van der Waals surface area contributed by atoms with E-state index in [-0.39, 0.29) is 0 Å². The highest BCUT2D eigenvalue weighted by molar-refractivity contribution is 5.18. The van der Waals surface area contributed by atoms with E-state index >= 15 is 0 Å². The van der Waals surface area contributed by atoms with Crippen LogP contribution in [0, 0.1) is 22.7 Å². The summed E-state index contributed by atoms with van der Waals surface area (Å²) in [6.45, 7) is 13.8. The SMILES string of the molecule is C=CCC[C@@H]1C(C)=CC[C@H]2C(C)(C)CCC[C@]12C. The fourth-order valence-corrected chi connectivity index (χ4v) is 4.98. The summed E-state index contributed by atoms with van der Waals surface area (Å²) in [5, 5.41) is 0. The number of allylic oxidation sites excluding steroid dienone is 3. The monoisotopic (exact) mass is 246 g/mol. The van der Waals surface area contributed by atoms with Crippen molar-refractivity contribution >= 4 is 0 Å². The van der Waals surface area contributed by atoms with Crippen LogP contribution in [0.5, 0.6) is 0 Å². The van der Waals surface area contributed by atoms with Crippen molar-refractivity contribution in [3.05, 3.63) is 24.3 Å².